The van der Waals surface area contributed by atoms with Crippen LogP contribution in [0.25, 0.3) is 6.08 Å². The van der Waals surface area contributed by atoms with Crippen molar-refractivity contribution in [2.24, 2.45) is 0 Å². The molecule has 1 atom stereocenters. The molecule has 1 aromatic rings. The zero-order valence-electron chi connectivity index (χ0n) is 8.11. The van der Waals surface area contributed by atoms with Gasteiger partial charge >= 0.3 is 5.97 Å². The van der Waals surface area contributed by atoms with Crippen molar-refractivity contribution in [1.82, 2.24) is 5.16 Å². The first-order valence-electron chi connectivity index (χ1n) is 4.54. The highest BCUT2D eigenvalue weighted by Crippen LogP contribution is 2.24. The van der Waals surface area contributed by atoms with Gasteiger partial charge in [0.2, 0.25) is 0 Å². The predicted molar refractivity (Wildman–Crippen MR) is 49.8 cm³/mol. The predicted octanol–water partition coefficient (Wildman–Crippen LogP) is 1.81. The maximum atomic E-state index is 11.5. The molecule has 74 valence electrons. The van der Waals surface area contributed by atoms with Gasteiger partial charge in [-0.25, -0.2) is 4.79 Å². The molecule has 0 radical (unpaired) electrons. The van der Waals surface area contributed by atoms with Crippen LogP contribution in [0.15, 0.2) is 10.6 Å². The van der Waals surface area contributed by atoms with Crippen molar-refractivity contribution >= 4 is 12.0 Å². The molecule has 4 nitrogen and oxygen atoms in total. The van der Waals surface area contributed by atoms with Gasteiger partial charge in [0.05, 0.1) is 0 Å². The van der Waals surface area contributed by atoms with E-state index in [9.17, 15) is 4.79 Å². The molecule has 1 aliphatic heterocycles. The molecule has 4 heteroatoms. The van der Waals surface area contributed by atoms with Crippen LogP contribution in [-0.2, 0) is 11.2 Å². The molecular weight excluding hydrogens is 182 g/mol. The van der Waals surface area contributed by atoms with Gasteiger partial charge in [-0.05, 0) is 19.9 Å². The fourth-order valence-corrected chi connectivity index (χ4v) is 1.51. The normalized spacial score (nSPS) is 21.0. The number of allylic oxidation sites excluding steroid dienone is 1. The summed E-state index contributed by atoms with van der Waals surface area (Å²) in [7, 11) is 0. The molecular formula is C10H11NO3. The molecule has 0 spiro atoms. The zero-order valence-corrected chi connectivity index (χ0v) is 8.11. The lowest BCUT2D eigenvalue weighted by atomic mass is 10.1. The Morgan fingerprint density at radius 1 is 1.57 bits per heavy atom. The maximum absolute atomic E-state index is 11.5. The minimum Gasteiger partial charge on any atom is -0.458 e. The Bertz CT molecular complexity index is 392. The zero-order chi connectivity index (χ0) is 10.1. The Morgan fingerprint density at radius 2 is 2.36 bits per heavy atom. The Hall–Kier alpha value is -1.58. The fraction of sp³-hybridized carbons (Fsp3) is 0.400. The first-order valence-corrected chi connectivity index (χ1v) is 4.54. The van der Waals surface area contributed by atoms with Crippen molar-refractivity contribution in [3.63, 3.8) is 0 Å². The van der Waals surface area contributed by atoms with Gasteiger partial charge in [-0.15, -0.1) is 0 Å². The number of hydrogen-bond donors (Lipinski definition) is 0. The first kappa shape index (κ1) is 8.99. The minimum absolute atomic E-state index is 0.124. The molecule has 0 fully saturated rings. The third-order valence-corrected chi connectivity index (χ3v) is 2.10. The van der Waals surface area contributed by atoms with E-state index < -0.39 is 0 Å². The smallest absolute Gasteiger partial charge is 0.344 e. The van der Waals surface area contributed by atoms with Crippen molar-refractivity contribution in [2.75, 3.05) is 0 Å². The van der Waals surface area contributed by atoms with Crippen LogP contribution in [0.2, 0.25) is 0 Å². The summed E-state index contributed by atoms with van der Waals surface area (Å²) in [5.74, 6) is 0.287. The molecule has 1 aromatic heterocycles. The van der Waals surface area contributed by atoms with E-state index in [1.54, 1.807) is 6.08 Å². The SMILES string of the molecule is C/C=C\c1noc2c1C(=O)O[C@@H](C)C2. The standard InChI is InChI=1S/C10H11NO3/c1-3-4-7-9-8(14-11-7)5-6(2)13-10(9)12/h3-4,6H,5H2,1-2H3/b4-3-/t6-/m0/s1. The van der Waals surface area contributed by atoms with Gasteiger partial charge in [0, 0.05) is 6.42 Å². The highest BCUT2D eigenvalue weighted by Gasteiger charge is 2.30. The van der Waals surface area contributed by atoms with Crippen LogP contribution in [0.1, 0.15) is 35.7 Å². The molecule has 0 saturated carbocycles. The lowest BCUT2D eigenvalue weighted by molar-refractivity contribution is 0.0280. The molecule has 0 aliphatic carbocycles. The average molecular weight is 193 g/mol. The van der Waals surface area contributed by atoms with Crippen molar-refractivity contribution in [3.8, 4) is 0 Å². The van der Waals surface area contributed by atoms with E-state index in [1.807, 2.05) is 19.9 Å². The summed E-state index contributed by atoms with van der Waals surface area (Å²) < 4.78 is 10.2. The first-order chi connectivity index (χ1) is 6.72. The number of hydrogen-bond acceptors (Lipinski definition) is 4. The summed E-state index contributed by atoms with van der Waals surface area (Å²) in [6.45, 7) is 3.69. The van der Waals surface area contributed by atoms with Crippen molar-refractivity contribution in [2.45, 2.75) is 26.4 Å². The Balaban J connectivity index is 2.46. The van der Waals surface area contributed by atoms with E-state index in [0.29, 0.717) is 23.4 Å². The second kappa shape index (κ2) is 3.29. The number of esters is 1. The third kappa shape index (κ3) is 1.32. The lowest BCUT2D eigenvalue weighted by Crippen LogP contribution is -2.24. The average Bonchev–Trinajstić information content (AvgIpc) is 2.49. The van der Waals surface area contributed by atoms with Crippen LogP contribution in [0.4, 0.5) is 0 Å². The molecule has 0 unspecified atom stereocenters. The Kier molecular flexibility index (Phi) is 2.11. The van der Waals surface area contributed by atoms with E-state index in [1.165, 1.54) is 0 Å². The molecule has 0 bridgehead atoms. The molecule has 0 amide bonds. The minimum atomic E-state index is -0.340. The summed E-state index contributed by atoms with van der Waals surface area (Å²) in [5.41, 5.74) is 1.03. The molecule has 2 heterocycles. The number of rotatable bonds is 1. The van der Waals surface area contributed by atoms with Gasteiger partial charge in [-0.1, -0.05) is 11.2 Å². The monoisotopic (exact) mass is 193 g/mol. The number of cyclic esters (lactones) is 1. The summed E-state index contributed by atoms with van der Waals surface area (Å²) in [6.07, 6.45) is 4.02. The highest BCUT2D eigenvalue weighted by molar-refractivity contribution is 5.94. The van der Waals surface area contributed by atoms with E-state index in [-0.39, 0.29) is 12.1 Å². The van der Waals surface area contributed by atoms with Crippen molar-refractivity contribution < 1.29 is 14.1 Å². The number of fused-ring (bicyclic) bond motifs is 1. The molecule has 0 saturated heterocycles. The summed E-state index contributed by atoms with van der Waals surface area (Å²) in [5, 5.41) is 3.81. The molecule has 0 aromatic carbocycles. The maximum Gasteiger partial charge on any atom is 0.344 e. The van der Waals surface area contributed by atoms with Crippen LogP contribution in [0.3, 0.4) is 0 Å². The van der Waals surface area contributed by atoms with Gasteiger partial charge < -0.3 is 9.26 Å². The lowest BCUT2D eigenvalue weighted by Gasteiger charge is -2.16. The Labute approximate surface area is 81.5 Å². The second-order valence-electron chi connectivity index (χ2n) is 3.29. The number of aromatic nitrogens is 1. The van der Waals surface area contributed by atoms with Crippen LogP contribution < -0.4 is 0 Å². The number of ether oxygens (including phenoxy) is 1. The topological polar surface area (TPSA) is 52.3 Å². The van der Waals surface area contributed by atoms with Crippen LogP contribution in [-0.4, -0.2) is 17.2 Å². The molecule has 2 rings (SSSR count). The van der Waals surface area contributed by atoms with E-state index in [2.05, 4.69) is 5.16 Å². The summed E-state index contributed by atoms with van der Waals surface area (Å²) in [6, 6.07) is 0. The van der Waals surface area contributed by atoms with Crippen LogP contribution in [0, 0.1) is 0 Å². The van der Waals surface area contributed by atoms with Gasteiger partial charge in [-0.3, -0.25) is 0 Å². The van der Waals surface area contributed by atoms with Crippen LogP contribution >= 0.6 is 0 Å². The van der Waals surface area contributed by atoms with Gasteiger partial charge in [0.25, 0.3) is 0 Å². The van der Waals surface area contributed by atoms with Gasteiger partial charge in [0.15, 0.2) is 5.76 Å². The number of carbonyl (C=O) groups is 1. The number of carbonyl (C=O) groups excluding carboxylic acids is 1. The van der Waals surface area contributed by atoms with Gasteiger partial charge in [-0.2, -0.15) is 0 Å². The van der Waals surface area contributed by atoms with Crippen molar-refractivity contribution in [3.05, 3.63) is 23.1 Å². The van der Waals surface area contributed by atoms with E-state index in [4.69, 9.17) is 9.26 Å². The molecule has 0 N–H and O–H groups in total. The van der Waals surface area contributed by atoms with E-state index in [0.717, 1.165) is 0 Å². The second-order valence-corrected chi connectivity index (χ2v) is 3.29. The quantitative estimate of drug-likeness (QED) is 0.638. The Morgan fingerprint density at radius 3 is 3.07 bits per heavy atom. The number of nitrogens with zero attached hydrogens (tertiary/aromatic N) is 1. The molecule has 1 aliphatic rings. The summed E-state index contributed by atoms with van der Waals surface area (Å²) >= 11 is 0. The van der Waals surface area contributed by atoms with Crippen LogP contribution in [0.5, 0.6) is 0 Å². The third-order valence-electron chi connectivity index (χ3n) is 2.10. The largest absolute Gasteiger partial charge is 0.458 e. The van der Waals surface area contributed by atoms with Crippen molar-refractivity contribution in [1.29, 1.82) is 0 Å². The summed E-state index contributed by atoms with van der Waals surface area (Å²) in [4.78, 5) is 11.5. The van der Waals surface area contributed by atoms with E-state index >= 15 is 0 Å². The fourth-order valence-electron chi connectivity index (χ4n) is 1.51. The highest BCUT2D eigenvalue weighted by atomic mass is 16.5. The van der Waals surface area contributed by atoms with Gasteiger partial charge in [0.1, 0.15) is 17.4 Å². The molecule has 14 heavy (non-hydrogen) atoms.